The zero-order valence-electron chi connectivity index (χ0n) is 12.0. The first kappa shape index (κ1) is 15.4. The number of benzene rings is 1. The topological polar surface area (TPSA) is 58.6 Å². The average Bonchev–Trinajstić information content (AvgIpc) is 2.46. The van der Waals surface area contributed by atoms with Crippen molar-refractivity contribution in [3.05, 3.63) is 48.2 Å². The summed E-state index contributed by atoms with van der Waals surface area (Å²) in [5.74, 6) is -0.208. The maximum absolute atomic E-state index is 11.9. The number of nitrogens with one attached hydrogen (secondary N) is 1. The van der Waals surface area contributed by atoms with Crippen molar-refractivity contribution in [3.8, 4) is 0 Å². The molecule has 0 aromatic heterocycles. The maximum atomic E-state index is 11.9. The fourth-order valence-corrected chi connectivity index (χ4v) is 2.77. The van der Waals surface area contributed by atoms with Crippen LogP contribution >= 0.6 is 11.8 Å². The van der Waals surface area contributed by atoms with Gasteiger partial charge in [0.15, 0.2) is 5.50 Å². The van der Waals surface area contributed by atoms with Crippen molar-refractivity contribution >= 4 is 23.0 Å². The van der Waals surface area contributed by atoms with Crippen LogP contribution in [0.4, 0.5) is 4.79 Å². The monoisotopic (exact) mass is 306 g/mol. The Morgan fingerprint density at radius 2 is 2.10 bits per heavy atom. The van der Waals surface area contributed by atoms with E-state index in [1.54, 1.807) is 6.20 Å². The highest BCUT2D eigenvalue weighted by atomic mass is 32.2. The normalized spacial score (nSPS) is 17.8. The summed E-state index contributed by atoms with van der Waals surface area (Å²) in [5, 5.41) is 2.33. The molecule has 0 radical (unpaired) electrons. The first-order valence-electron chi connectivity index (χ1n) is 6.70. The molecular weight excluding hydrogens is 288 g/mol. The summed E-state index contributed by atoms with van der Waals surface area (Å²) in [6.07, 6.45) is 3.15. The molecule has 0 bridgehead atoms. The molecule has 6 heteroatoms. The molecule has 0 aliphatic carbocycles. The minimum atomic E-state index is -0.439. The zero-order chi connectivity index (χ0) is 15.2. The van der Waals surface area contributed by atoms with Crippen molar-refractivity contribution in [1.29, 1.82) is 0 Å². The largest absolute Gasteiger partial charge is 0.453 e. The van der Waals surface area contributed by atoms with E-state index in [-0.39, 0.29) is 18.6 Å². The fourth-order valence-electron chi connectivity index (χ4n) is 1.85. The van der Waals surface area contributed by atoms with E-state index < -0.39 is 10.8 Å². The molecule has 112 valence electrons. The van der Waals surface area contributed by atoms with Gasteiger partial charge in [0.1, 0.15) is 6.61 Å². The van der Waals surface area contributed by atoms with Crippen molar-refractivity contribution in [2.75, 3.05) is 0 Å². The van der Waals surface area contributed by atoms with Crippen LogP contribution in [0.3, 0.4) is 0 Å². The molecule has 1 aliphatic heterocycles. The molecule has 1 heterocycles. The number of rotatable bonds is 4. The van der Waals surface area contributed by atoms with Crippen molar-refractivity contribution in [1.82, 2.24) is 10.2 Å². The highest BCUT2D eigenvalue weighted by Gasteiger charge is 2.27. The summed E-state index contributed by atoms with van der Waals surface area (Å²) in [4.78, 5) is 25.2. The average molecular weight is 306 g/mol. The number of hydrogen-bond donors (Lipinski definition) is 1. The third-order valence-electron chi connectivity index (χ3n) is 2.94. The Kier molecular flexibility index (Phi) is 5.27. The molecule has 0 saturated carbocycles. The molecule has 21 heavy (non-hydrogen) atoms. The number of ether oxygens (including phenoxy) is 1. The van der Waals surface area contributed by atoms with Crippen molar-refractivity contribution in [2.45, 2.75) is 32.0 Å². The van der Waals surface area contributed by atoms with Gasteiger partial charge >= 0.3 is 5.30 Å². The molecule has 1 aromatic carbocycles. The van der Waals surface area contributed by atoms with Gasteiger partial charge < -0.3 is 15.0 Å². The second kappa shape index (κ2) is 7.17. The molecule has 5 nitrogen and oxygen atoms in total. The first-order chi connectivity index (χ1) is 10.1. The van der Waals surface area contributed by atoms with Crippen LogP contribution in [0.25, 0.3) is 0 Å². The lowest BCUT2D eigenvalue weighted by Crippen LogP contribution is -2.49. The van der Waals surface area contributed by atoms with Gasteiger partial charge in [-0.15, -0.1) is 0 Å². The minimum Gasteiger partial charge on any atom is -0.453 e. The lowest BCUT2D eigenvalue weighted by Gasteiger charge is -2.35. The number of carbonyl (C=O) groups is 2. The van der Waals surface area contributed by atoms with E-state index >= 15 is 0 Å². The fraction of sp³-hybridized carbons (Fsp3) is 0.333. The van der Waals surface area contributed by atoms with Gasteiger partial charge in [0.05, 0.1) is 0 Å². The smallest absolute Gasteiger partial charge is 0.371 e. The minimum absolute atomic E-state index is 0.168. The predicted octanol–water partition coefficient (Wildman–Crippen LogP) is 2.69. The van der Waals surface area contributed by atoms with E-state index in [0.29, 0.717) is 0 Å². The van der Waals surface area contributed by atoms with E-state index in [2.05, 4.69) is 5.32 Å². The quantitative estimate of drug-likeness (QED) is 0.867. The SMILES string of the molecule is CC(C)N1C=CC(=O)NC1SC(=O)OCc1ccccc1. The molecule has 1 aromatic rings. The predicted molar refractivity (Wildman–Crippen MR) is 82.3 cm³/mol. The molecule has 1 N–H and O–H groups in total. The summed E-state index contributed by atoms with van der Waals surface area (Å²) < 4.78 is 5.22. The number of nitrogens with zero attached hydrogens (tertiary/aromatic N) is 1. The van der Waals surface area contributed by atoms with E-state index in [4.69, 9.17) is 4.74 Å². The maximum Gasteiger partial charge on any atom is 0.371 e. The Balaban J connectivity index is 1.89. The Hall–Kier alpha value is -1.95. The second-order valence-corrected chi connectivity index (χ2v) is 5.88. The lowest BCUT2D eigenvalue weighted by atomic mass is 10.2. The Bertz CT molecular complexity index is 531. The van der Waals surface area contributed by atoms with Crippen molar-refractivity contribution < 1.29 is 14.3 Å². The van der Waals surface area contributed by atoms with Gasteiger partial charge in [0.2, 0.25) is 5.91 Å². The van der Waals surface area contributed by atoms with E-state index in [9.17, 15) is 9.59 Å². The van der Waals surface area contributed by atoms with Crippen LogP contribution in [0.1, 0.15) is 19.4 Å². The van der Waals surface area contributed by atoms with E-state index in [1.165, 1.54) is 6.08 Å². The number of hydrogen-bond acceptors (Lipinski definition) is 5. The summed E-state index contributed by atoms with van der Waals surface area (Å²) in [6.45, 7) is 4.21. The van der Waals surface area contributed by atoms with E-state index in [0.717, 1.165) is 17.3 Å². The number of thioether (sulfide) groups is 1. The second-order valence-electron chi connectivity index (χ2n) is 4.86. The van der Waals surface area contributed by atoms with Gasteiger partial charge in [-0.1, -0.05) is 30.3 Å². The Labute approximate surface area is 128 Å². The van der Waals surface area contributed by atoms with Crippen LogP contribution in [-0.2, 0) is 16.1 Å². The lowest BCUT2D eigenvalue weighted by molar-refractivity contribution is -0.118. The van der Waals surface area contributed by atoms with Crippen LogP contribution in [0.5, 0.6) is 0 Å². The summed E-state index contributed by atoms with van der Waals surface area (Å²) >= 11 is 0.962. The molecule has 0 fully saturated rings. The summed E-state index contributed by atoms with van der Waals surface area (Å²) in [5.41, 5.74) is 0.491. The molecule has 1 atom stereocenters. The molecule has 1 unspecified atom stereocenters. The van der Waals surface area contributed by atoms with Crippen LogP contribution in [0.2, 0.25) is 0 Å². The third kappa shape index (κ3) is 4.53. The number of amides is 1. The Morgan fingerprint density at radius 1 is 1.38 bits per heavy atom. The number of carbonyl (C=O) groups excluding carboxylic acids is 2. The Morgan fingerprint density at radius 3 is 2.76 bits per heavy atom. The zero-order valence-corrected chi connectivity index (χ0v) is 12.8. The standard InChI is InChI=1S/C15H18N2O3S/c1-11(2)17-9-8-13(18)16-14(17)21-15(19)20-10-12-6-4-3-5-7-12/h3-9,11,14H,10H2,1-2H3,(H,16,18). The van der Waals surface area contributed by atoms with Crippen molar-refractivity contribution in [2.24, 2.45) is 0 Å². The van der Waals surface area contributed by atoms with Gasteiger partial charge in [-0.05, 0) is 19.4 Å². The van der Waals surface area contributed by atoms with Crippen LogP contribution in [0, 0.1) is 0 Å². The van der Waals surface area contributed by atoms with Gasteiger partial charge in [-0.3, -0.25) is 4.79 Å². The molecule has 2 rings (SSSR count). The third-order valence-corrected chi connectivity index (χ3v) is 3.83. The first-order valence-corrected chi connectivity index (χ1v) is 7.57. The van der Waals surface area contributed by atoms with Gasteiger partial charge in [0.25, 0.3) is 0 Å². The van der Waals surface area contributed by atoms with Gasteiger partial charge in [-0.2, -0.15) is 0 Å². The molecule has 1 aliphatic rings. The van der Waals surface area contributed by atoms with Gasteiger partial charge in [-0.25, -0.2) is 4.79 Å². The van der Waals surface area contributed by atoms with E-state index in [1.807, 2.05) is 49.1 Å². The van der Waals surface area contributed by atoms with Gasteiger partial charge in [0, 0.05) is 30.1 Å². The highest BCUT2D eigenvalue weighted by Crippen LogP contribution is 2.21. The van der Waals surface area contributed by atoms with Crippen LogP contribution < -0.4 is 5.32 Å². The van der Waals surface area contributed by atoms with Crippen LogP contribution in [0.15, 0.2) is 42.6 Å². The van der Waals surface area contributed by atoms with Crippen LogP contribution in [-0.4, -0.2) is 27.6 Å². The molecule has 0 spiro atoms. The summed E-state index contributed by atoms with van der Waals surface area (Å²) in [7, 11) is 0. The highest BCUT2D eigenvalue weighted by molar-refractivity contribution is 8.13. The molecular formula is C15H18N2O3S. The molecule has 1 amide bonds. The molecule has 0 saturated heterocycles. The summed E-state index contributed by atoms with van der Waals surface area (Å²) in [6, 6.07) is 9.64. The van der Waals surface area contributed by atoms with Crippen molar-refractivity contribution in [3.63, 3.8) is 0 Å².